The Hall–Kier alpha value is -4.05. The molecule has 2 aliphatic heterocycles. The molecule has 2 aromatic carbocycles. The highest BCUT2D eigenvalue weighted by atomic mass is 32.2. The number of fused-ring (bicyclic) bond motifs is 7. The van der Waals surface area contributed by atoms with E-state index in [0.717, 1.165) is 20.8 Å². The number of nitrogens with one attached hydrogen (secondary N) is 1. The Bertz CT molecular complexity index is 2020. The number of anilines is 1. The summed E-state index contributed by atoms with van der Waals surface area (Å²) in [6.45, 7) is 2.07. The van der Waals surface area contributed by atoms with Crippen molar-refractivity contribution >= 4 is 40.8 Å². The van der Waals surface area contributed by atoms with Crippen LogP contribution >= 0.6 is 11.8 Å². The van der Waals surface area contributed by atoms with Crippen molar-refractivity contribution in [2.24, 2.45) is 22.7 Å². The molecule has 4 fully saturated rings. The number of alkyl halides is 2. The Morgan fingerprint density at radius 2 is 1.80 bits per heavy atom. The van der Waals surface area contributed by atoms with E-state index in [2.05, 4.69) is 5.32 Å². The van der Waals surface area contributed by atoms with Crippen molar-refractivity contribution in [2.75, 3.05) is 18.5 Å². The smallest absolute Gasteiger partial charge is 0.249 e. The van der Waals surface area contributed by atoms with Gasteiger partial charge in [0.05, 0.1) is 12.2 Å². The number of amides is 2. The highest BCUT2D eigenvalue weighted by Crippen LogP contribution is 2.72. The van der Waals surface area contributed by atoms with Crippen LogP contribution in [0.1, 0.15) is 45.0 Å². The fourth-order valence-electron chi connectivity index (χ4n) is 10.2. The zero-order valence-corrected chi connectivity index (χ0v) is 30.3. The van der Waals surface area contributed by atoms with E-state index >= 15 is 8.78 Å². The third-order valence-electron chi connectivity index (χ3n) is 12.8. The van der Waals surface area contributed by atoms with Gasteiger partial charge in [0.2, 0.25) is 11.8 Å². The van der Waals surface area contributed by atoms with Crippen LogP contribution in [0.3, 0.4) is 0 Å². The standard InChI is InChI=1S/C40H40F2N2O9S/c1-37-13-12-23(46)15-28(37)29(41)16-27-26-17-32-40(31(48)20-45,38(26,2)18-30(47)39(27,37)42)53-36(52-32)21-6-8-24(9-7-21)54-25-5-3-4-22(14-25)43-33(49)19-44-34(50)10-11-35(44)51/h3-15,26-27,29-30,32,34,36,45,47,50H,16-20H2,1-2H3,(H,43,49)/t26-,27-,29-,30-,32+,34?,36+,37-,38-,39-,40+/m0/s1. The minimum atomic E-state index is -2.34. The molecule has 6 aliphatic rings. The number of halogens is 2. The molecule has 2 heterocycles. The number of allylic oxidation sites excluding steroid dienone is 4. The van der Waals surface area contributed by atoms with Crippen LogP contribution in [-0.4, -0.2) is 92.6 Å². The number of rotatable bonds is 8. The van der Waals surface area contributed by atoms with Crippen molar-refractivity contribution in [1.29, 1.82) is 0 Å². The molecule has 11 nitrogen and oxygen atoms in total. The third kappa shape index (κ3) is 5.32. The number of Topliss-reactive ketones (excluding diaryl/α,β-unsaturated/α-hetero) is 1. The molecule has 0 spiro atoms. The van der Waals surface area contributed by atoms with Crippen molar-refractivity contribution in [1.82, 2.24) is 4.90 Å². The number of hydrogen-bond donors (Lipinski definition) is 4. The van der Waals surface area contributed by atoms with Gasteiger partial charge in [-0.25, -0.2) is 8.78 Å². The van der Waals surface area contributed by atoms with Crippen molar-refractivity contribution in [3.63, 3.8) is 0 Å². The van der Waals surface area contributed by atoms with Gasteiger partial charge < -0.3 is 35.0 Å². The highest BCUT2D eigenvalue weighted by molar-refractivity contribution is 7.99. The van der Waals surface area contributed by atoms with E-state index in [-0.39, 0.29) is 31.4 Å². The quantitative estimate of drug-likeness (QED) is 0.308. The third-order valence-corrected chi connectivity index (χ3v) is 13.8. The van der Waals surface area contributed by atoms with Gasteiger partial charge in [-0.1, -0.05) is 43.0 Å². The van der Waals surface area contributed by atoms with Gasteiger partial charge in [0.25, 0.3) is 0 Å². The number of carbonyl (C=O) groups excluding carboxylic acids is 4. The topological polar surface area (TPSA) is 163 Å². The Labute approximate surface area is 314 Å². The number of carbonyl (C=O) groups is 4. The zero-order valence-electron chi connectivity index (χ0n) is 29.5. The molecule has 0 radical (unpaired) electrons. The van der Waals surface area contributed by atoms with Crippen LogP contribution in [0, 0.1) is 22.7 Å². The summed E-state index contributed by atoms with van der Waals surface area (Å²) in [6, 6.07) is 14.4. The van der Waals surface area contributed by atoms with Gasteiger partial charge in [0, 0.05) is 43.9 Å². The molecule has 284 valence electrons. The van der Waals surface area contributed by atoms with Gasteiger partial charge in [-0.3, -0.25) is 19.2 Å². The summed E-state index contributed by atoms with van der Waals surface area (Å²) in [4.78, 5) is 53.1. The van der Waals surface area contributed by atoms with E-state index in [1.807, 2.05) is 18.2 Å². The monoisotopic (exact) mass is 762 g/mol. The summed E-state index contributed by atoms with van der Waals surface area (Å²) < 4.78 is 46.6. The molecule has 1 saturated heterocycles. The van der Waals surface area contributed by atoms with Crippen molar-refractivity contribution < 1.29 is 52.8 Å². The molecule has 0 aromatic heterocycles. The molecule has 0 bridgehead atoms. The predicted octanol–water partition coefficient (Wildman–Crippen LogP) is 4.14. The molecule has 1 unspecified atom stereocenters. The lowest BCUT2D eigenvalue weighted by Gasteiger charge is -2.63. The highest BCUT2D eigenvalue weighted by Gasteiger charge is 2.80. The first kappa shape index (κ1) is 36.9. The summed E-state index contributed by atoms with van der Waals surface area (Å²) in [7, 11) is 0. The minimum absolute atomic E-state index is 0.00975. The molecule has 4 N–H and O–H groups in total. The molecule has 4 aliphatic carbocycles. The number of aliphatic hydroxyl groups is 3. The number of hydrogen-bond acceptors (Lipinski definition) is 10. The predicted molar refractivity (Wildman–Crippen MR) is 190 cm³/mol. The maximum atomic E-state index is 17.7. The van der Waals surface area contributed by atoms with Crippen LogP contribution in [0.25, 0.3) is 0 Å². The number of ether oxygens (including phenoxy) is 2. The van der Waals surface area contributed by atoms with Crippen molar-refractivity contribution in [2.45, 2.75) is 85.1 Å². The lowest BCUT2D eigenvalue weighted by Crippen LogP contribution is -2.70. The van der Waals surface area contributed by atoms with E-state index in [1.165, 1.54) is 43.0 Å². The Morgan fingerprint density at radius 3 is 2.50 bits per heavy atom. The maximum absolute atomic E-state index is 17.7. The van der Waals surface area contributed by atoms with Gasteiger partial charge in [0.15, 0.2) is 29.1 Å². The van der Waals surface area contributed by atoms with Crippen molar-refractivity contribution in [3.05, 3.63) is 90.0 Å². The molecular weight excluding hydrogens is 723 g/mol. The van der Waals surface area contributed by atoms with Crippen molar-refractivity contribution in [3.8, 4) is 0 Å². The summed E-state index contributed by atoms with van der Waals surface area (Å²) >= 11 is 1.41. The van der Waals surface area contributed by atoms with Crippen LogP contribution in [0.15, 0.2) is 94.3 Å². The number of benzene rings is 2. The second-order valence-corrected chi connectivity index (χ2v) is 16.6. The van der Waals surface area contributed by atoms with Crippen LogP contribution in [-0.2, 0) is 28.7 Å². The van der Waals surface area contributed by atoms with Gasteiger partial charge >= 0.3 is 0 Å². The molecule has 14 heteroatoms. The average molecular weight is 763 g/mol. The maximum Gasteiger partial charge on any atom is 0.249 e. The molecule has 11 atom stereocenters. The largest absolute Gasteiger partial charge is 0.390 e. The first-order valence-corrected chi connectivity index (χ1v) is 18.7. The SMILES string of the molecule is C[C@]12C=CC(=O)C=C1[C@@H](F)C[C@H]1[C@@H]3C[C@H]4O[C@@H](c5ccc(Sc6cccc(NC(=O)CN7C(=O)C=CC7O)c6)cc5)O[C@@]4(C(=O)CO)[C@@]3(C)C[C@H](O)[C@@]12F. The zero-order chi connectivity index (χ0) is 38.4. The molecule has 8 rings (SSSR count). The summed E-state index contributed by atoms with van der Waals surface area (Å²) in [5.41, 5.74) is -5.78. The fourth-order valence-corrected chi connectivity index (χ4v) is 11.1. The minimum Gasteiger partial charge on any atom is -0.390 e. The normalized spacial score (nSPS) is 39.1. The average Bonchev–Trinajstić information content (AvgIpc) is 3.76. The molecule has 2 amide bonds. The number of nitrogens with zero attached hydrogens (tertiary/aromatic N) is 1. The van der Waals surface area contributed by atoms with Crippen LogP contribution in [0.4, 0.5) is 14.5 Å². The number of aliphatic hydroxyl groups excluding tert-OH is 3. The van der Waals surface area contributed by atoms with Gasteiger partial charge in [-0.15, -0.1) is 0 Å². The fraction of sp³-hybridized carbons (Fsp3) is 0.450. The van der Waals surface area contributed by atoms with Crippen LogP contribution in [0.5, 0.6) is 0 Å². The first-order chi connectivity index (χ1) is 25.6. The van der Waals surface area contributed by atoms with Gasteiger partial charge in [-0.2, -0.15) is 0 Å². The Balaban J connectivity index is 0.995. The van der Waals surface area contributed by atoms with Crippen LogP contribution < -0.4 is 5.32 Å². The lowest BCUT2D eigenvalue weighted by atomic mass is 9.44. The lowest BCUT2D eigenvalue weighted by molar-refractivity contribution is -0.235. The summed E-state index contributed by atoms with van der Waals surface area (Å²) in [5, 5.41) is 34.6. The molecular formula is C40H40F2N2O9S. The van der Waals surface area contributed by atoms with E-state index in [4.69, 9.17) is 9.47 Å². The summed E-state index contributed by atoms with van der Waals surface area (Å²) in [5.74, 6) is -3.69. The van der Waals surface area contributed by atoms with E-state index in [9.17, 15) is 34.5 Å². The van der Waals surface area contributed by atoms with Crippen LogP contribution in [0.2, 0.25) is 0 Å². The van der Waals surface area contributed by atoms with Gasteiger partial charge in [-0.05, 0) is 86.2 Å². The van der Waals surface area contributed by atoms with E-state index < -0.39 is 94.8 Å². The Morgan fingerprint density at radius 1 is 1.04 bits per heavy atom. The second kappa shape index (κ2) is 13.0. The summed E-state index contributed by atoms with van der Waals surface area (Å²) in [6.07, 6.45) is -0.486. The molecule has 2 aromatic rings. The Kier molecular flexibility index (Phi) is 8.90. The number of ketones is 2. The van der Waals surface area contributed by atoms with Gasteiger partial charge in [0.1, 0.15) is 25.6 Å². The molecule has 54 heavy (non-hydrogen) atoms. The first-order valence-electron chi connectivity index (χ1n) is 17.9. The van der Waals surface area contributed by atoms with E-state index in [1.54, 1.807) is 37.3 Å². The second-order valence-electron chi connectivity index (χ2n) is 15.5. The van der Waals surface area contributed by atoms with E-state index in [0.29, 0.717) is 11.3 Å². The molecule has 3 saturated carbocycles.